The van der Waals surface area contributed by atoms with Crippen molar-refractivity contribution in [3.8, 4) is 0 Å². The van der Waals surface area contributed by atoms with Crippen molar-refractivity contribution in [2.45, 2.75) is 4.90 Å². The van der Waals surface area contributed by atoms with Crippen molar-refractivity contribution in [2.24, 2.45) is 12.8 Å². The Hall–Kier alpha value is -2.18. The van der Waals surface area contributed by atoms with Gasteiger partial charge in [-0.1, -0.05) is 23.2 Å². The standard InChI is InChI=1S/C16H17Cl2N5O5S/c1-22-8-12(14(21-22)15(19)24)20-16(25)9-6-13(11(18)7-10(9)17)29(26,27)23-2-4-28-5-3-23/h6-8H,2-5H2,1H3,(H2,19,24)(H,20,25). The number of aryl methyl sites for hydroxylation is 1. The molecule has 156 valence electrons. The third-order valence-corrected chi connectivity index (χ3v) is 6.84. The van der Waals surface area contributed by atoms with Crippen LogP contribution in [0.2, 0.25) is 10.0 Å². The molecule has 2 aromatic rings. The minimum atomic E-state index is -3.96. The molecular formula is C16H17Cl2N5O5S. The Balaban J connectivity index is 1.97. The lowest BCUT2D eigenvalue weighted by Gasteiger charge is -2.26. The van der Waals surface area contributed by atoms with Crippen molar-refractivity contribution in [3.05, 3.63) is 39.6 Å². The highest BCUT2D eigenvalue weighted by Crippen LogP contribution is 2.31. The van der Waals surface area contributed by atoms with Crippen LogP contribution in [0.1, 0.15) is 20.8 Å². The van der Waals surface area contributed by atoms with Crippen LogP contribution in [0.25, 0.3) is 0 Å². The van der Waals surface area contributed by atoms with Crippen molar-refractivity contribution in [2.75, 3.05) is 31.6 Å². The zero-order chi connectivity index (χ0) is 21.3. The molecule has 1 fully saturated rings. The number of rotatable bonds is 5. The fourth-order valence-corrected chi connectivity index (χ4v) is 5.02. The quantitative estimate of drug-likeness (QED) is 0.683. The summed E-state index contributed by atoms with van der Waals surface area (Å²) in [7, 11) is -2.42. The van der Waals surface area contributed by atoms with E-state index in [9.17, 15) is 18.0 Å². The van der Waals surface area contributed by atoms with Gasteiger partial charge in [-0.3, -0.25) is 14.3 Å². The van der Waals surface area contributed by atoms with Crippen LogP contribution < -0.4 is 11.1 Å². The predicted octanol–water partition coefficient (Wildman–Crippen LogP) is 1.10. The number of hydrogen-bond acceptors (Lipinski definition) is 6. The molecule has 3 rings (SSSR count). The van der Waals surface area contributed by atoms with Gasteiger partial charge in [0.1, 0.15) is 4.90 Å². The van der Waals surface area contributed by atoms with Crippen LogP contribution in [0.4, 0.5) is 5.69 Å². The maximum atomic E-state index is 12.9. The molecule has 29 heavy (non-hydrogen) atoms. The minimum absolute atomic E-state index is 0.0575. The van der Waals surface area contributed by atoms with Crippen molar-refractivity contribution in [1.82, 2.24) is 14.1 Å². The fraction of sp³-hybridized carbons (Fsp3) is 0.312. The lowest BCUT2D eigenvalue weighted by atomic mass is 10.2. The molecule has 1 saturated heterocycles. The smallest absolute Gasteiger partial charge is 0.271 e. The first-order chi connectivity index (χ1) is 13.6. The summed E-state index contributed by atoms with van der Waals surface area (Å²) in [4.78, 5) is 24.0. The first-order valence-corrected chi connectivity index (χ1v) is 10.5. The third-order valence-electron chi connectivity index (χ3n) is 4.16. The second-order valence-electron chi connectivity index (χ2n) is 6.16. The maximum absolute atomic E-state index is 12.9. The van der Waals surface area contributed by atoms with Crippen LogP contribution in [-0.2, 0) is 21.8 Å². The number of primary amides is 1. The highest BCUT2D eigenvalue weighted by atomic mass is 35.5. The Morgan fingerprint density at radius 1 is 1.21 bits per heavy atom. The number of carbonyl (C=O) groups excluding carboxylic acids is 2. The van der Waals surface area contributed by atoms with E-state index in [0.717, 1.165) is 6.07 Å². The average molecular weight is 462 g/mol. The van der Waals surface area contributed by atoms with E-state index in [2.05, 4.69) is 10.4 Å². The van der Waals surface area contributed by atoms with Crippen molar-refractivity contribution >= 4 is 50.7 Å². The first-order valence-electron chi connectivity index (χ1n) is 8.33. The highest BCUT2D eigenvalue weighted by Gasteiger charge is 2.30. The van der Waals surface area contributed by atoms with Gasteiger partial charge in [-0.2, -0.15) is 9.40 Å². The molecule has 13 heteroatoms. The molecule has 0 aliphatic carbocycles. The zero-order valence-electron chi connectivity index (χ0n) is 15.2. The summed E-state index contributed by atoms with van der Waals surface area (Å²) in [5.74, 6) is -1.58. The fourth-order valence-electron chi connectivity index (χ4n) is 2.78. The Morgan fingerprint density at radius 3 is 2.48 bits per heavy atom. The molecule has 1 aliphatic heterocycles. The third kappa shape index (κ3) is 4.38. The molecule has 1 aliphatic rings. The van der Waals surface area contributed by atoms with Crippen molar-refractivity contribution in [3.63, 3.8) is 0 Å². The van der Waals surface area contributed by atoms with Crippen molar-refractivity contribution < 1.29 is 22.7 Å². The summed E-state index contributed by atoms with van der Waals surface area (Å²) in [5, 5.41) is 6.17. The molecule has 0 unspecified atom stereocenters. The number of anilines is 1. The van der Waals surface area contributed by atoms with E-state index in [0.29, 0.717) is 0 Å². The van der Waals surface area contributed by atoms with Gasteiger partial charge in [0, 0.05) is 26.3 Å². The van der Waals surface area contributed by atoms with Gasteiger partial charge in [-0.05, 0) is 12.1 Å². The molecule has 1 aromatic heterocycles. The molecule has 2 heterocycles. The van der Waals surface area contributed by atoms with E-state index < -0.39 is 21.8 Å². The largest absolute Gasteiger partial charge is 0.379 e. The number of halogens is 2. The Labute approximate surface area is 176 Å². The Morgan fingerprint density at radius 2 is 1.86 bits per heavy atom. The SMILES string of the molecule is Cn1cc(NC(=O)c2cc(S(=O)(=O)N3CCOCC3)c(Cl)cc2Cl)c(C(N)=O)n1. The van der Waals surface area contributed by atoms with Gasteiger partial charge in [0.2, 0.25) is 10.0 Å². The van der Waals surface area contributed by atoms with E-state index >= 15 is 0 Å². The van der Waals surface area contributed by atoms with Gasteiger partial charge >= 0.3 is 0 Å². The second-order valence-corrected chi connectivity index (χ2v) is 8.88. The number of hydrogen-bond donors (Lipinski definition) is 2. The number of carbonyl (C=O) groups is 2. The molecular weight excluding hydrogens is 445 g/mol. The summed E-state index contributed by atoms with van der Waals surface area (Å²) in [6.45, 7) is 0.852. The summed E-state index contributed by atoms with van der Waals surface area (Å²) >= 11 is 12.2. The monoisotopic (exact) mass is 461 g/mol. The number of aromatic nitrogens is 2. The van der Waals surface area contributed by atoms with Crippen LogP contribution in [0.3, 0.4) is 0 Å². The number of sulfonamides is 1. The number of nitrogens with one attached hydrogen (secondary N) is 1. The number of benzene rings is 1. The van der Waals surface area contributed by atoms with E-state index in [1.807, 2.05) is 0 Å². The summed E-state index contributed by atoms with van der Waals surface area (Å²) in [6, 6.07) is 2.29. The molecule has 0 bridgehead atoms. The van der Waals surface area contributed by atoms with Gasteiger partial charge in [-0.15, -0.1) is 0 Å². The van der Waals surface area contributed by atoms with Crippen LogP contribution in [0.15, 0.2) is 23.2 Å². The predicted molar refractivity (Wildman–Crippen MR) is 106 cm³/mol. The van der Waals surface area contributed by atoms with Gasteiger partial charge in [0.15, 0.2) is 5.69 Å². The van der Waals surface area contributed by atoms with E-state index in [1.54, 1.807) is 7.05 Å². The maximum Gasteiger partial charge on any atom is 0.271 e. The normalized spacial score (nSPS) is 15.3. The van der Waals surface area contributed by atoms with Gasteiger partial charge < -0.3 is 15.8 Å². The molecule has 10 nitrogen and oxygen atoms in total. The molecule has 2 amide bonds. The topological polar surface area (TPSA) is 137 Å². The number of nitrogens with two attached hydrogens (primary N) is 1. The van der Waals surface area contributed by atoms with Crippen LogP contribution >= 0.6 is 23.2 Å². The number of nitrogens with zero attached hydrogens (tertiary/aromatic N) is 3. The van der Waals surface area contributed by atoms with E-state index in [-0.39, 0.29) is 58.2 Å². The number of amides is 2. The van der Waals surface area contributed by atoms with Gasteiger partial charge in [0.05, 0.1) is 34.5 Å². The average Bonchev–Trinajstić information content (AvgIpc) is 3.02. The Kier molecular flexibility index (Phi) is 6.15. The van der Waals surface area contributed by atoms with E-state index in [4.69, 9.17) is 33.7 Å². The molecule has 1 aromatic carbocycles. The summed E-state index contributed by atoms with van der Waals surface area (Å²) in [5.41, 5.74) is 5.03. The minimum Gasteiger partial charge on any atom is -0.379 e. The lowest BCUT2D eigenvalue weighted by molar-refractivity contribution is 0.0730. The summed E-state index contributed by atoms with van der Waals surface area (Å²) in [6.07, 6.45) is 1.38. The Bertz CT molecular complexity index is 1080. The lowest BCUT2D eigenvalue weighted by Crippen LogP contribution is -2.40. The summed E-state index contributed by atoms with van der Waals surface area (Å²) < 4.78 is 33.6. The zero-order valence-corrected chi connectivity index (χ0v) is 17.5. The van der Waals surface area contributed by atoms with E-state index in [1.165, 1.54) is 21.3 Å². The first kappa shape index (κ1) is 21.5. The highest BCUT2D eigenvalue weighted by molar-refractivity contribution is 7.89. The molecule has 3 N–H and O–H groups in total. The second kappa shape index (κ2) is 8.28. The number of ether oxygens (including phenoxy) is 1. The van der Waals surface area contributed by atoms with Crippen LogP contribution in [0, 0.1) is 0 Å². The molecule has 0 spiro atoms. The van der Waals surface area contributed by atoms with Gasteiger partial charge in [-0.25, -0.2) is 8.42 Å². The number of morpholine rings is 1. The van der Waals surface area contributed by atoms with Gasteiger partial charge in [0.25, 0.3) is 11.8 Å². The molecule has 0 radical (unpaired) electrons. The van der Waals surface area contributed by atoms with Crippen LogP contribution in [-0.4, -0.2) is 60.6 Å². The molecule has 0 saturated carbocycles. The van der Waals surface area contributed by atoms with Crippen LogP contribution in [0.5, 0.6) is 0 Å². The van der Waals surface area contributed by atoms with Crippen molar-refractivity contribution in [1.29, 1.82) is 0 Å². The molecule has 0 atom stereocenters.